The number of ether oxygens (including phenoxy) is 2. The van der Waals surface area contributed by atoms with Gasteiger partial charge >= 0.3 is 0 Å². The number of hydrogen-bond acceptors (Lipinski definition) is 2. The molecule has 1 atom stereocenters. The van der Waals surface area contributed by atoms with Crippen LogP contribution in [0.15, 0.2) is 30.3 Å². The lowest BCUT2D eigenvalue weighted by Gasteiger charge is -2.21. The molecular formula is C15H10Cl3FO2. The van der Waals surface area contributed by atoms with E-state index >= 15 is 0 Å². The maximum atomic E-state index is 13.1. The molecule has 0 amide bonds. The molecule has 1 heterocycles. The van der Waals surface area contributed by atoms with Gasteiger partial charge in [-0.05, 0) is 29.3 Å². The molecule has 0 aliphatic carbocycles. The molecule has 0 radical (unpaired) electrons. The van der Waals surface area contributed by atoms with Crippen molar-refractivity contribution in [3.8, 4) is 11.5 Å². The predicted molar refractivity (Wildman–Crippen MR) is 81.5 cm³/mol. The fourth-order valence-corrected chi connectivity index (χ4v) is 3.17. The van der Waals surface area contributed by atoms with Crippen molar-refractivity contribution in [2.45, 2.75) is 5.38 Å². The van der Waals surface area contributed by atoms with E-state index in [0.717, 1.165) is 0 Å². The fourth-order valence-electron chi connectivity index (χ4n) is 2.15. The van der Waals surface area contributed by atoms with Gasteiger partial charge in [0.25, 0.3) is 0 Å². The fraction of sp³-hybridized carbons (Fsp3) is 0.200. The van der Waals surface area contributed by atoms with Gasteiger partial charge in [0.05, 0.1) is 5.38 Å². The summed E-state index contributed by atoms with van der Waals surface area (Å²) in [7, 11) is 0. The van der Waals surface area contributed by atoms with Gasteiger partial charge in [0.1, 0.15) is 19.0 Å². The van der Waals surface area contributed by atoms with Crippen molar-refractivity contribution in [2.24, 2.45) is 0 Å². The molecular weight excluding hydrogens is 338 g/mol. The van der Waals surface area contributed by atoms with Crippen LogP contribution in [0.4, 0.5) is 4.39 Å². The van der Waals surface area contributed by atoms with E-state index in [-0.39, 0.29) is 5.02 Å². The molecule has 0 spiro atoms. The maximum absolute atomic E-state index is 13.1. The van der Waals surface area contributed by atoms with Gasteiger partial charge in [0.15, 0.2) is 11.5 Å². The highest BCUT2D eigenvalue weighted by atomic mass is 35.5. The van der Waals surface area contributed by atoms with Crippen molar-refractivity contribution in [1.29, 1.82) is 0 Å². The smallest absolute Gasteiger partial charge is 0.162 e. The predicted octanol–water partition coefficient (Wildman–Crippen LogP) is 5.23. The van der Waals surface area contributed by atoms with Crippen LogP contribution in [0.2, 0.25) is 10.0 Å². The molecule has 0 fully saturated rings. The summed E-state index contributed by atoms with van der Waals surface area (Å²) in [4.78, 5) is 0. The normalized spacial score (nSPS) is 14.9. The third kappa shape index (κ3) is 2.91. The molecule has 21 heavy (non-hydrogen) atoms. The SMILES string of the molecule is Fc1ccc(C(Cl)c2cc3c(cc2Cl)OCCO3)c(Cl)c1. The third-order valence-electron chi connectivity index (χ3n) is 3.17. The lowest BCUT2D eigenvalue weighted by atomic mass is 10.0. The van der Waals surface area contributed by atoms with Crippen molar-refractivity contribution in [1.82, 2.24) is 0 Å². The number of fused-ring (bicyclic) bond motifs is 1. The molecule has 6 heteroatoms. The Hall–Kier alpha value is -1.16. The van der Waals surface area contributed by atoms with Gasteiger partial charge in [-0.1, -0.05) is 29.3 Å². The van der Waals surface area contributed by atoms with Gasteiger partial charge in [-0.2, -0.15) is 0 Å². The first kappa shape index (κ1) is 14.8. The molecule has 0 saturated heterocycles. The van der Waals surface area contributed by atoms with Crippen LogP contribution in [-0.4, -0.2) is 13.2 Å². The Labute approximate surface area is 136 Å². The zero-order chi connectivity index (χ0) is 15.0. The largest absolute Gasteiger partial charge is 0.486 e. The van der Waals surface area contributed by atoms with Gasteiger partial charge in [0.2, 0.25) is 0 Å². The van der Waals surface area contributed by atoms with Crippen molar-refractivity contribution < 1.29 is 13.9 Å². The van der Waals surface area contributed by atoms with Gasteiger partial charge in [-0.25, -0.2) is 4.39 Å². The van der Waals surface area contributed by atoms with Crippen LogP contribution in [0.25, 0.3) is 0 Å². The van der Waals surface area contributed by atoms with Gasteiger partial charge in [-0.3, -0.25) is 0 Å². The van der Waals surface area contributed by atoms with Crippen LogP contribution in [0.1, 0.15) is 16.5 Å². The van der Waals surface area contributed by atoms with E-state index in [1.54, 1.807) is 18.2 Å². The van der Waals surface area contributed by atoms with Gasteiger partial charge in [0, 0.05) is 16.1 Å². The minimum absolute atomic E-state index is 0.251. The van der Waals surface area contributed by atoms with Crippen molar-refractivity contribution in [3.05, 3.63) is 57.3 Å². The van der Waals surface area contributed by atoms with Crippen LogP contribution >= 0.6 is 34.8 Å². The summed E-state index contributed by atoms with van der Waals surface area (Å²) in [5.74, 6) is 0.759. The topological polar surface area (TPSA) is 18.5 Å². The summed E-state index contributed by atoms with van der Waals surface area (Å²) < 4.78 is 24.1. The standard InChI is InChI=1S/C15H10Cl3FO2/c16-11-5-8(19)1-2-9(11)15(18)10-6-13-14(7-12(10)17)21-4-3-20-13/h1-2,5-7,15H,3-4H2. The summed E-state index contributed by atoms with van der Waals surface area (Å²) in [6, 6.07) is 7.47. The zero-order valence-corrected chi connectivity index (χ0v) is 13.0. The molecule has 0 N–H and O–H groups in total. The Balaban J connectivity index is 2.03. The second-order valence-electron chi connectivity index (χ2n) is 4.55. The Morgan fingerprint density at radius 2 is 1.52 bits per heavy atom. The Morgan fingerprint density at radius 1 is 0.905 bits per heavy atom. The molecule has 1 unspecified atom stereocenters. The van der Waals surface area contributed by atoms with Crippen molar-refractivity contribution in [3.63, 3.8) is 0 Å². The quantitative estimate of drug-likeness (QED) is 0.692. The van der Waals surface area contributed by atoms with E-state index < -0.39 is 11.2 Å². The van der Waals surface area contributed by atoms with E-state index in [2.05, 4.69) is 0 Å². The van der Waals surface area contributed by atoms with Crippen LogP contribution < -0.4 is 9.47 Å². The maximum Gasteiger partial charge on any atom is 0.162 e. The van der Waals surface area contributed by atoms with Crippen molar-refractivity contribution >= 4 is 34.8 Å². The molecule has 110 valence electrons. The highest BCUT2D eigenvalue weighted by molar-refractivity contribution is 6.35. The number of alkyl halides is 1. The highest BCUT2D eigenvalue weighted by Crippen LogP contribution is 2.43. The number of halogens is 4. The Bertz CT molecular complexity index is 691. The number of rotatable bonds is 2. The van der Waals surface area contributed by atoms with Gasteiger partial charge < -0.3 is 9.47 Å². The molecule has 3 rings (SSSR count). The molecule has 1 aliphatic rings. The molecule has 1 aliphatic heterocycles. The molecule has 2 aromatic rings. The summed E-state index contributed by atoms with van der Waals surface area (Å²) in [5, 5.41) is 0.0852. The second-order valence-corrected chi connectivity index (χ2v) is 5.80. The minimum atomic E-state index is -0.610. The van der Waals surface area contributed by atoms with E-state index in [0.29, 0.717) is 40.9 Å². The Morgan fingerprint density at radius 3 is 2.19 bits per heavy atom. The van der Waals surface area contributed by atoms with Crippen LogP contribution in [0.5, 0.6) is 11.5 Å². The van der Waals surface area contributed by atoms with Crippen molar-refractivity contribution in [2.75, 3.05) is 13.2 Å². The summed E-state index contributed by atoms with van der Waals surface area (Å²) in [6.45, 7) is 0.953. The lowest BCUT2D eigenvalue weighted by molar-refractivity contribution is 0.171. The van der Waals surface area contributed by atoms with E-state index in [1.165, 1.54) is 12.1 Å². The van der Waals surface area contributed by atoms with E-state index in [4.69, 9.17) is 44.3 Å². The first-order chi connectivity index (χ1) is 10.1. The average molecular weight is 348 g/mol. The number of hydrogen-bond donors (Lipinski definition) is 0. The Kier molecular flexibility index (Phi) is 4.16. The lowest BCUT2D eigenvalue weighted by Crippen LogP contribution is -2.15. The first-order valence-electron chi connectivity index (χ1n) is 6.24. The molecule has 2 aromatic carbocycles. The van der Waals surface area contributed by atoms with E-state index in [9.17, 15) is 4.39 Å². The molecule has 0 bridgehead atoms. The zero-order valence-electron chi connectivity index (χ0n) is 10.7. The van der Waals surface area contributed by atoms with Gasteiger partial charge in [-0.15, -0.1) is 11.6 Å². The molecule has 0 aromatic heterocycles. The minimum Gasteiger partial charge on any atom is -0.486 e. The van der Waals surface area contributed by atoms with E-state index in [1.807, 2.05) is 0 Å². The first-order valence-corrected chi connectivity index (χ1v) is 7.43. The highest BCUT2D eigenvalue weighted by Gasteiger charge is 2.22. The monoisotopic (exact) mass is 346 g/mol. The summed E-state index contributed by atoms with van der Waals surface area (Å²) in [6.07, 6.45) is 0. The molecule has 0 saturated carbocycles. The number of benzene rings is 2. The summed E-state index contributed by atoms with van der Waals surface area (Å²) >= 11 is 18.7. The third-order valence-corrected chi connectivity index (χ3v) is 4.29. The molecule has 2 nitrogen and oxygen atoms in total. The van der Waals surface area contributed by atoms with Crippen LogP contribution in [0.3, 0.4) is 0 Å². The van der Waals surface area contributed by atoms with Crippen LogP contribution in [0, 0.1) is 5.82 Å². The van der Waals surface area contributed by atoms with Crippen LogP contribution in [-0.2, 0) is 0 Å². The second kappa shape index (κ2) is 5.91. The summed E-state index contributed by atoms with van der Waals surface area (Å²) in [5.41, 5.74) is 1.22. The average Bonchev–Trinajstić information content (AvgIpc) is 2.46.